The Labute approximate surface area is 175 Å². The molecule has 4 rings (SSSR count). The number of rotatable bonds is 5. The molecule has 2 aliphatic rings. The average Bonchev–Trinajstić information content (AvgIpc) is 3.17. The lowest BCUT2D eigenvalue weighted by Crippen LogP contribution is -2.57. The summed E-state index contributed by atoms with van der Waals surface area (Å²) in [7, 11) is 0. The van der Waals surface area contributed by atoms with Crippen LogP contribution in [-0.4, -0.2) is 64.5 Å². The molecule has 0 amide bonds. The minimum atomic E-state index is -0.0210. The third-order valence-corrected chi connectivity index (χ3v) is 6.07. The van der Waals surface area contributed by atoms with Crippen molar-refractivity contribution >= 4 is 23.5 Å². The molecule has 3 N–H and O–H groups in total. The SMILES string of the molecule is N#CCC1CN(C2CCN(c3n[nH]c(N)n3)CC2)C(Cc2ccc(Cl)cc2)CO1. The monoisotopic (exact) mass is 415 g/mol. The van der Waals surface area contributed by atoms with Gasteiger partial charge < -0.3 is 15.4 Å². The van der Waals surface area contributed by atoms with Gasteiger partial charge in [-0.3, -0.25) is 4.90 Å². The van der Waals surface area contributed by atoms with Gasteiger partial charge in [-0.25, -0.2) is 5.10 Å². The number of halogens is 1. The van der Waals surface area contributed by atoms with Gasteiger partial charge in [-0.15, -0.1) is 5.10 Å². The van der Waals surface area contributed by atoms with Crippen molar-refractivity contribution in [1.82, 2.24) is 20.1 Å². The van der Waals surface area contributed by atoms with Crippen molar-refractivity contribution in [3.05, 3.63) is 34.9 Å². The molecule has 8 nitrogen and oxygen atoms in total. The van der Waals surface area contributed by atoms with E-state index in [4.69, 9.17) is 27.3 Å². The normalized spacial score (nSPS) is 23.8. The van der Waals surface area contributed by atoms with Crippen molar-refractivity contribution in [2.45, 2.75) is 43.9 Å². The van der Waals surface area contributed by atoms with E-state index >= 15 is 0 Å². The largest absolute Gasteiger partial charge is 0.374 e. The number of anilines is 2. The number of H-pyrrole nitrogens is 1. The van der Waals surface area contributed by atoms with Gasteiger partial charge in [-0.1, -0.05) is 23.7 Å². The number of hydrogen-bond acceptors (Lipinski definition) is 7. The molecule has 2 unspecified atom stereocenters. The van der Waals surface area contributed by atoms with Crippen LogP contribution in [0.4, 0.5) is 11.9 Å². The van der Waals surface area contributed by atoms with Crippen LogP contribution in [0.1, 0.15) is 24.8 Å². The van der Waals surface area contributed by atoms with Crippen molar-refractivity contribution in [2.75, 3.05) is 36.9 Å². The van der Waals surface area contributed by atoms with Crippen LogP contribution < -0.4 is 10.6 Å². The topological polar surface area (TPSA) is 107 Å². The van der Waals surface area contributed by atoms with Gasteiger partial charge in [0, 0.05) is 36.7 Å². The standard InChI is InChI=1S/C20H26ClN7O/c21-15-3-1-14(2-4-15)11-17-13-29-18(5-8-22)12-28(17)16-6-9-27(10-7-16)20-24-19(23)25-26-20/h1-4,16-18H,5-7,9-13H2,(H3,23,24,25,26). The number of benzene rings is 1. The third-order valence-electron chi connectivity index (χ3n) is 5.82. The summed E-state index contributed by atoms with van der Waals surface area (Å²) in [5.74, 6) is 1.01. The van der Waals surface area contributed by atoms with Crippen LogP contribution in [0.2, 0.25) is 5.02 Å². The molecule has 0 saturated carbocycles. The number of aromatic nitrogens is 3. The van der Waals surface area contributed by atoms with Crippen LogP contribution >= 0.6 is 11.6 Å². The first-order valence-electron chi connectivity index (χ1n) is 10.0. The van der Waals surface area contributed by atoms with Crippen LogP contribution in [0.15, 0.2) is 24.3 Å². The second-order valence-corrected chi connectivity index (χ2v) is 8.17. The summed E-state index contributed by atoms with van der Waals surface area (Å²) < 4.78 is 6.00. The van der Waals surface area contributed by atoms with E-state index in [2.05, 4.69) is 43.2 Å². The maximum absolute atomic E-state index is 9.11. The van der Waals surface area contributed by atoms with Crippen LogP contribution in [0.3, 0.4) is 0 Å². The van der Waals surface area contributed by atoms with Crippen molar-refractivity contribution in [1.29, 1.82) is 5.26 Å². The molecule has 29 heavy (non-hydrogen) atoms. The Morgan fingerprint density at radius 2 is 2.03 bits per heavy atom. The molecule has 0 spiro atoms. The van der Waals surface area contributed by atoms with Crippen molar-refractivity contribution in [3.8, 4) is 6.07 Å². The third kappa shape index (κ3) is 4.81. The fourth-order valence-corrected chi connectivity index (χ4v) is 4.45. The van der Waals surface area contributed by atoms with E-state index in [0.717, 1.165) is 43.9 Å². The quantitative estimate of drug-likeness (QED) is 0.770. The van der Waals surface area contributed by atoms with Gasteiger partial charge in [-0.05, 0) is 37.0 Å². The second-order valence-electron chi connectivity index (χ2n) is 7.74. The Morgan fingerprint density at radius 3 is 2.69 bits per heavy atom. The van der Waals surface area contributed by atoms with Gasteiger partial charge in [0.15, 0.2) is 0 Å². The molecule has 2 aromatic rings. The van der Waals surface area contributed by atoms with E-state index in [-0.39, 0.29) is 6.10 Å². The second kappa shape index (κ2) is 8.99. The molecule has 2 saturated heterocycles. The van der Waals surface area contributed by atoms with Gasteiger partial charge in [-0.2, -0.15) is 10.2 Å². The molecule has 0 bridgehead atoms. The molecule has 0 radical (unpaired) electrons. The highest BCUT2D eigenvalue weighted by Gasteiger charge is 2.35. The Hall–Kier alpha value is -2.34. The van der Waals surface area contributed by atoms with Gasteiger partial charge >= 0.3 is 0 Å². The highest BCUT2D eigenvalue weighted by molar-refractivity contribution is 6.30. The van der Waals surface area contributed by atoms with Crippen LogP contribution in [0.25, 0.3) is 0 Å². The molecule has 9 heteroatoms. The van der Waals surface area contributed by atoms with Crippen LogP contribution in [0, 0.1) is 11.3 Å². The number of nitrogens with two attached hydrogens (primary N) is 1. The van der Waals surface area contributed by atoms with E-state index in [1.54, 1.807) is 0 Å². The molecule has 1 aromatic heterocycles. The number of piperidine rings is 1. The first-order chi connectivity index (χ1) is 14.1. The van der Waals surface area contributed by atoms with E-state index in [0.29, 0.717) is 37.0 Å². The first kappa shape index (κ1) is 20.0. The molecular formula is C20H26ClN7O. The fraction of sp³-hybridized carbons (Fsp3) is 0.550. The number of ether oxygens (including phenoxy) is 1. The number of nitrogen functional groups attached to an aromatic ring is 1. The first-order valence-corrected chi connectivity index (χ1v) is 10.4. The minimum absolute atomic E-state index is 0.0210. The lowest BCUT2D eigenvalue weighted by molar-refractivity contribution is -0.0798. The molecule has 3 heterocycles. The molecule has 0 aliphatic carbocycles. The highest BCUT2D eigenvalue weighted by atomic mass is 35.5. The number of nitrogens with one attached hydrogen (secondary N) is 1. The lowest BCUT2D eigenvalue weighted by Gasteiger charge is -2.46. The average molecular weight is 416 g/mol. The van der Waals surface area contributed by atoms with Gasteiger partial charge in [0.05, 0.1) is 25.2 Å². The maximum Gasteiger partial charge on any atom is 0.246 e. The van der Waals surface area contributed by atoms with Crippen molar-refractivity contribution in [3.63, 3.8) is 0 Å². The minimum Gasteiger partial charge on any atom is -0.374 e. The van der Waals surface area contributed by atoms with Crippen molar-refractivity contribution in [2.24, 2.45) is 0 Å². The Morgan fingerprint density at radius 1 is 1.28 bits per heavy atom. The van der Waals surface area contributed by atoms with Gasteiger partial charge in [0.25, 0.3) is 0 Å². The fourth-order valence-electron chi connectivity index (χ4n) is 4.32. The molecule has 2 aliphatic heterocycles. The van der Waals surface area contributed by atoms with Gasteiger partial charge in [0.2, 0.25) is 11.9 Å². The lowest BCUT2D eigenvalue weighted by atomic mass is 9.96. The zero-order valence-corrected chi connectivity index (χ0v) is 17.1. The predicted octanol–water partition coefficient (Wildman–Crippen LogP) is 2.23. The highest BCUT2D eigenvalue weighted by Crippen LogP contribution is 2.27. The van der Waals surface area contributed by atoms with E-state index in [1.165, 1.54) is 5.56 Å². The summed E-state index contributed by atoms with van der Waals surface area (Å²) >= 11 is 6.03. The van der Waals surface area contributed by atoms with Gasteiger partial charge in [0.1, 0.15) is 0 Å². The number of hydrogen-bond donors (Lipinski definition) is 2. The maximum atomic E-state index is 9.11. The molecule has 1 aromatic carbocycles. The number of nitriles is 1. The van der Waals surface area contributed by atoms with Crippen LogP contribution in [-0.2, 0) is 11.2 Å². The zero-order chi connectivity index (χ0) is 20.2. The molecule has 2 fully saturated rings. The predicted molar refractivity (Wildman–Crippen MR) is 112 cm³/mol. The number of aromatic amines is 1. The summed E-state index contributed by atoms with van der Waals surface area (Å²) in [6.45, 7) is 3.21. The Balaban J connectivity index is 1.43. The van der Waals surface area contributed by atoms with E-state index in [9.17, 15) is 0 Å². The summed E-state index contributed by atoms with van der Waals surface area (Å²) in [6.07, 6.45) is 3.36. The summed E-state index contributed by atoms with van der Waals surface area (Å²) in [6, 6.07) is 11.0. The Kier molecular flexibility index (Phi) is 6.19. The Bertz CT molecular complexity index is 841. The summed E-state index contributed by atoms with van der Waals surface area (Å²) in [5.41, 5.74) is 6.91. The molecular weight excluding hydrogens is 390 g/mol. The summed E-state index contributed by atoms with van der Waals surface area (Å²) in [4.78, 5) is 8.97. The van der Waals surface area contributed by atoms with E-state index < -0.39 is 0 Å². The smallest absolute Gasteiger partial charge is 0.246 e. The van der Waals surface area contributed by atoms with Crippen molar-refractivity contribution < 1.29 is 4.74 Å². The van der Waals surface area contributed by atoms with E-state index in [1.807, 2.05) is 12.1 Å². The number of morpholine rings is 1. The number of nitrogens with zero attached hydrogens (tertiary/aromatic N) is 5. The molecule has 154 valence electrons. The summed E-state index contributed by atoms with van der Waals surface area (Å²) in [5, 5.41) is 16.7. The van der Waals surface area contributed by atoms with Crippen LogP contribution in [0.5, 0.6) is 0 Å². The molecule has 2 atom stereocenters. The zero-order valence-electron chi connectivity index (χ0n) is 16.3.